The quantitative estimate of drug-likeness (QED) is 0.474. The Labute approximate surface area is 180 Å². The van der Waals surface area contributed by atoms with Crippen LogP contribution in [0.15, 0.2) is 55.0 Å². The minimum atomic E-state index is -0.967. The average Bonchev–Trinajstić information content (AvgIpc) is 2.79. The van der Waals surface area contributed by atoms with Crippen LogP contribution in [0.2, 0.25) is 0 Å². The number of aliphatic hydroxyl groups is 1. The van der Waals surface area contributed by atoms with Crippen molar-refractivity contribution in [3.05, 3.63) is 60.6 Å². The number of piperidine rings is 1. The average molecular weight is 422 g/mol. The number of aromatic hydroxyl groups is 1. The molecule has 4 rings (SSSR count). The van der Waals surface area contributed by atoms with Gasteiger partial charge in [0.05, 0.1) is 17.2 Å². The van der Waals surface area contributed by atoms with Gasteiger partial charge in [-0.3, -0.25) is 14.8 Å². The molecule has 0 unspecified atom stereocenters. The first-order valence-corrected chi connectivity index (χ1v) is 10.4. The molecule has 1 atom stereocenters. The molecule has 3 heterocycles. The highest BCUT2D eigenvalue weighted by Crippen LogP contribution is 2.30. The number of fused-ring (bicyclic) bond motifs is 1. The van der Waals surface area contributed by atoms with Crippen LogP contribution in [0, 0.1) is 0 Å². The summed E-state index contributed by atoms with van der Waals surface area (Å²) in [6.45, 7) is 1.50. The van der Waals surface area contributed by atoms with Crippen LogP contribution in [-0.4, -0.2) is 57.4 Å². The maximum atomic E-state index is 12.4. The molecule has 0 radical (unpaired) electrons. The first kappa shape index (κ1) is 21.0. The van der Waals surface area contributed by atoms with Crippen LogP contribution >= 0.6 is 0 Å². The van der Waals surface area contributed by atoms with Crippen LogP contribution < -0.4 is 16.0 Å². The molecule has 1 saturated heterocycles. The topological polar surface area (TPSA) is 125 Å². The Morgan fingerprint density at radius 3 is 2.65 bits per heavy atom. The number of carbonyl (C=O) groups excluding carboxylic acids is 1. The highest BCUT2D eigenvalue weighted by Gasteiger charge is 2.33. The third kappa shape index (κ3) is 4.92. The van der Waals surface area contributed by atoms with Crippen LogP contribution in [0.3, 0.4) is 0 Å². The smallest absolute Gasteiger partial charge is 0.237 e. The van der Waals surface area contributed by atoms with Crippen LogP contribution in [0.4, 0.5) is 5.69 Å². The Kier molecular flexibility index (Phi) is 6.01. The van der Waals surface area contributed by atoms with Crippen molar-refractivity contribution in [2.75, 3.05) is 24.5 Å². The second-order valence-electron chi connectivity index (χ2n) is 8.13. The summed E-state index contributed by atoms with van der Waals surface area (Å²) < 4.78 is 0. The Bertz CT molecular complexity index is 1040. The van der Waals surface area contributed by atoms with Gasteiger partial charge in [0.2, 0.25) is 5.91 Å². The molecular weight excluding hydrogens is 394 g/mol. The molecule has 3 aromatic rings. The predicted molar refractivity (Wildman–Crippen MR) is 119 cm³/mol. The highest BCUT2D eigenvalue weighted by molar-refractivity contribution is 5.90. The van der Waals surface area contributed by atoms with Crippen molar-refractivity contribution in [3.8, 4) is 5.75 Å². The fourth-order valence-corrected chi connectivity index (χ4v) is 3.95. The Morgan fingerprint density at radius 2 is 1.90 bits per heavy atom. The van der Waals surface area contributed by atoms with Gasteiger partial charge in [0.1, 0.15) is 5.75 Å². The lowest BCUT2D eigenvalue weighted by Crippen LogP contribution is -2.53. The van der Waals surface area contributed by atoms with Crippen molar-refractivity contribution >= 4 is 22.5 Å². The third-order valence-corrected chi connectivity index (χ3v) is 5.88. The summed E-state index contributed by atoms with van der Waals surface area (Å²) in [6.07, 6.45) is 6.75. The van der Waals surface area contributed by atoms with Crippen LogP contribution in [0.1, 0.15) is 18.4 Å². The van der Waals surface area contributed by atoms with Crippen molar-refractivity contribution in [1.29, 1.82) is 0 Å². The molecule has 31 heavy (non-hydrogen) atoms. The maximum Gasteiger partial charge on any atom is 0.237 e. The summed E-state index contributed by atoms with van der Waals surface area (Å²) in [7, 11) is 0. The lowest BCUT2D eigenvalue weighted by atomic mass is 9.90. The van der Waals surface area contributed by atoms with Gasteiger partial charge in [-0.25, -0.2) is 0 Å². The van der Waals surface area contributed by atoms with E-state index in [1.807, 2.05) is 18.3 Å². The molecule has 5 N–H and O–H groups in total. The number of pyridine rings is 2. The van der Waals surface area contributed by atoms with Crippen molar-refractivity contribution in [2.45, 2.75) is 30.9 Å². The number of phenols is 1. The molecule has 0 saturated carbocycles. The summed E-state index contributed by atoms with van der Waals surface area (Å²) in [5.74, 6) is -0.124. The second-order valence-corrected chi connectivity index (χ2v) is 8.13. The van der Waals surface area contributed by atoms with Gasteiger partial charge in [0.25, 0.3) is 0 Å². The molecule has 1 aliphatic rings. The van der Waals surface area contributed by atoms with E-state index in [4.69, 9.17) is 5.73 Å². The minimum Gasteiger partial charge on any atom is -0.508 e. The number of hydrogen-bond donors (Lipinski definition) is 4. The Hall–Kier alpha value is -3.23. The highest BCUT2D eigenvalue weighted by atomic mass is 16.3. The van der Waals surface area contributed by atoms with Crippen LogP contribution in [-0.2, 0) is 11.2 Å². The van der Waals surface area contributed by atoms with Gasteiger partial charge in [-0.1, -0.05) is 12.1 Å². The number of rotatable bonds is 6. The standard InChI is InChI=1S/C23H27N5O3/c24-19(13-16-1-3-17(29)4-2-16)22(30)27-15-23(31)7-11-28(12-8-23)21-6-10-26-20-5-9-25-14-18(20)21/h1-6,9-10,14,19,29,31H,7-8,11-13,15,24H2,(H,27,30)/t19-/m0/s1. The predicted octanol–water partition coefficient (Wildman–Crippen LogP) is 1.35. The lowest BCUT2D eigenvalue weighted by molar-refractivity contribution is -0.123. The summed E-state index contributed by atoms with van der Waals surface area (Å²) >= 11 is 0. The van der Waals surface area contributed by atoms with E-state index >= 15 is 0 Å². The summed E-state index contributed by atoms with van der Waals surface area (Å²) in [6, 6.07) is 9.75. The number of aromatic nitrogens is 2. The van der Waals surface area contributed by atoms with Crippen molar-refractivity contribution in [3.63, 3.8) is 0 Å². The maximum absolute atomic E-state index is 12.4. The molecular formula is C23H27N5O3. The van der Waals surface area contributed by atoms with E-state index < -0.39 is 11.6 Å². The molecule has 1 amide bonds. The number of anilines is 1. The van der Waals surface area contributed by atoms with E-state index in [2.05, 4.69) is 20.2 Å². The number of nitrogens with zero attached hydrogens (tertiary/aromatic N) is 3. The van der Waals surface area contributed by atoms with Gasteiger partial charge in [-0.15, -0.1) is 0 Å². The number of nitrogens with one attached hydrogen (secondary N) is 1. The van der Waals surface area contributed by atoms with E-state index in [1.54, 1.807) is 36.7 Å². The van der Waals surface area contributed by atoms with Gasteiger partial charge < -0.3 is 26.2 Å². The second kappa shape index (κ2) is 8.87. The Morgan fingerprint density at radius 1 is 1.16 bits per heavy atom. The zero-order valence-corrected chi connectivity index (χ0v) is 17.2. The van der Waals surface area contributed by atoms with Crippen molar-refractivity contribution < 1.29 is 15.0 Å². The van der Waals surface area contributed by atoms with Crippen LogP contribution in [0.25, 0.3) is 10.9 Å². The van der Waals surface area contributed by atoms with E-state index in [-0.39, 0.29) is 18.2 Å². The molecule has 2 aromatic heterocycles. The normalized spacial score (nSPS) is 16.8. The first-order chi connectivity index (χ1) is 14.9. The molecule has 1 aliphatic heterocycles. The summed E-state index contributed by atoms with van der Waals surface area (Å²) in [4.78, 5) is 23.2. The molecule has 162 valence electrons. The largest absolute Gasteiger partial charge is 0.508 e. The summed E-state index contributed by atoms with van der Waals surface area (Å²) in [5, 5.41) is 24.1. The first-order valence-electron chi connectivity index (χ1n) is 10.4. The Balaban J connectivity index is 1.31. The van der Waals surface area contributed by atoms with E-state index in [1.165, 1.54) is 0 Å². The SMILES string of the molecule is N[C@@H](Cc1ccc(O)cc1)C(=O)NCC1(O)CCN(c2ccnc3ccncc23)CC1. The number of phenolic OH excluding ortho intramolecular Hbond substituents is 1. The van der Waals surface area contributed by atoms with Crippen molar-refractivity contribution in [2.24, 2.45) is 5.73 Å². The van der Waals surface area contributed by atoms with Gasteiger partial charge in [0, 0.05) is 49.3 Å². The fraction of sp³-hybridized carbons (Fsp3) is 0.348. The number of carbonyl (C=O) groups is 1. The number of amides is 1. The van der Waals surface area contributed by atoms with E-state index in [0.29, 0.717) is 32.4 Å². The molecule has 0 spiro atoms. The number of nitrogens with two attached hydrogens (primary N) is 1. The van der Waals surface area contributed by atoms with Crippen molar-refractivity contribution in [1.82, 2.24) is 15.3 Å². The van der Waals surface area contributed by atoms with Gasteiger partial charge in [0.15, 0.2) is 0 Å². The molecule has 8 nitrogen and oxygen atoms in total. The molecule has 1 aromatic carbocycles. The number of benzene rings is 1. The third-order valence-electron chi connectivity index (χ3n) is 5.88. The van der Waals surface area contributed by atoms with Gasteiger partial charge >= 0.3 is 0 Å². The molecule has 0 aliphatic carbocycles. The fourth-order valence-electron chi connectivity index (χ4n) is 3.95. The zero-order valence-electron chi connectivity index (χ0n) is 17.2. The van der Waals surface area contributed by atoms with E-state index in [9.17, 15) is 15.0 Å². The van der Waals surface area contributed by atoms with Crippen LogP contribution in [0.5, 0.6) is 5.75 Å². The van der Waals surface area contributed by atoms with Gasteiger partial charge in [-0.05, 0) is 49.1 Å². The zero-order chi connectivity index (χ0) is 21.8. The lowest BCUT2D eigenvalue weighted by Gasteiger charge is -2.39. The van der Waals surface area contributed by atoms with Gasteiger partial charge in [-0.2, -0.15) is 0 Å². The minimum absolute atomic E-state index is 0.168. The molecule has 0 bridgehead atoms. The monoisotopic (exact) mass is 421 g/mol. The summed E-state index contributed by atoms with van der Waals surface area (Å²) in [5.41, 5.74) is 7.87. The molecule has 8 heteroatoms. The number of hydrogen-bond acceptors (Lipinski definition) is 7. The van der Waals surface area contributed by atoms with E-state index in [0.717, 1.165) is 22.2 Å². The molecule has 1 fully saturated rings.